The van der Waals surface area contributed by atoms with Crippen LogP contribution < -0.4 is 0 Å². The SMILES string of the molecule is Cc1cc(C=C2C(=O)c3ccccc3C2=O)c(C)o1. The molecule has 94 valence electrons. The third-order valence-electron chi connectivity index (χ3n) is 3.28. The van der Waals surface area contributed by atoms with Crippen LogP contribution in [0.2, 0.25) is 0 Å². The van der Waals surface area contributed by atoms with Gasteiger partial charge in [0.05, 0.1) is 5.57 Å². The quantitative estimate of drug-likeness (QED) is 0.577. The average Bonchev–Trinajstić information content (AvgIpc) is 2.83. The summed E-state index contributed by atoms with van der Waals surface area (Å²) in [6.45, 7) is 3.65. The van der Waals surface area contributed by atoms with Crippen molar-refractivity contribution in [3.05, 3.63) is 64.1 Å². The van der Waals surface area contributed by atoms with Gasteiger partial charge in [-0.2, -0.15) is 0 Å². The second-order valence-corrected chi connectivity index (χ2v) is 4.63. The van der Waals surface area contributed by atoms with E-state index in [-0.39, 0.29) is 17.1 Å². The van der Waals surface area contributed by atoms with Gasteiger partial charge in [-0.1, -0.05) is 24.3 Å². The lowest BCUT2D eigenvalue weighted by molar-refractivity contribution is 0.0990. The summed E-state index contributed by atoms with van der Waals surface area (Å²) in [6.07, 6.45) is 1.62. The number of hydrogen-bond acceptors (Lipinski definition) is 3. The molecule has 0 saturated carbocycles. The van der Waals surface area contributed by atoms with Crippen LogP contribution in [-0.2, 0) is 0 Å². The Morgan fingerprint density at radius 1 is 1.00 bits per heavy atom. The van der Waals surface area contributed by atoms with E-state index < -0.39 is 0 Å². The summed E-state index contributed by atoms with van der Waals surface area (Å²) in [4.78, 5) is 24.4. The Morgan fingerprint density at radius 2 is 1.58 bits per heavy atom. The number of ketones is 2. The largest absolute Gasteiger partial charge is 0.466 e. The van der Waals surface area contributed by atoms with E-state index in [1.165, 1.54) is 0 Å². The van der Waals surface area contributed by atoms with Crippen LogP contribution in [0.15, 0.2) is 40.3 Å². The fourth-order valence-corrected chi connectivity index (χ4v) is 2.35. The van der Waals surface area contributed by atoms with Gasteiger partial charge in [0, 0.05) is 16.7 Å². The maximum atomic E-state index is 12.2. The van der Waals surface area contributed by atoms with Crippen molar-refractivity contribution in [2.24, 2.45) is 0 Å². The molecule has 0 atom stereocenters. The van der Waals surface area contributed by atoms with Gasteiger partial charge in [-0.05, 0) is 26.0 Å². The molecule has 3 nitrogen and oxygen atoms in total. The van der Waals surface area contributed by atoms with Gasteiger partial charge in [-0.3, -0.25) is 9.59 Å². The molecule has 3 heteroatoms. The zero-order valence-corrected chi connectivity index (χ0v) is 10.7. The molecule has 0 amide bonds. The zero-order chi connectivity index (χ0) is 13.6. The minimum absolute atomic E-state index is 0.209. The number of carbonyl (C=O) groups is 2. The Bertz CT molecular complexity index is 695. The molecule has 1 aromatic heterocycles. The minimum atomic E-state index is -0.209. The topological polar surface area (TPSA) is 47.3 Å². The van der Waals surface area contributed by atoms with Gasteiger partial charge in [0.1, 0.15) is 11.5 Å². The molecule has 1 heterocycles. The fourth-order valence-electron chi connectivity index (χ4n) is 2.35. The van der Waals surface area contributed by atoms with Crippen LogP contribution in [0.5, 0.6) is 0 Å². The molecule has 0 aliphatic heterocycles. The molecule has 1 aromatic carbocycles. The van der Waals surface area contributed by atoms with Gasteiger partial charge in [-0.15, -0.1) is 0 Å². The number of benzene rings is 1. The fraction of sp³-hybridized carbons (Fsp3) is 0.125. The molecule has 0 saturated heterocycles. The van der Waals surface area contributed by atoms with Crippen molar-refractivity contribution in [3.8, 4) is 0 Å². The molecule has 0 unspecified atom stereocenters. The van der Waals surface area contributed by atoms with Crippen molar-refractivity contribution >= 4 is 17.6 Å². The summed E-state index contributed by atoms with van der Waals surface area (Å²) < 4.78 is 5.41. The van der Waals surface area contributed by atoms with E-state index in [0.29, 0.717) is 16.9 Å². The Kier molecular flexibility index (Phi) is 2.49. The number of aryl methyl sites for hydroxylation is 2. The molecule has 0 fully saturated rings. The number of allylic oxidation sites excluding steroid dienone is 1. The van der Waals surface area contributed by atoms with Crippen LogP contribution >= 0.6 is 0 Å². The van der Waals surface area contributed by atoms with Crippen LogP contribution in [0.25, 0.3) is 6.08 Å². The molecular weight excluding hydrogens is 240 g/mol. The van der Waals surface area contributed by atoms with Gasteiger partial charge in [0.15, 0.2) is 11.6 Å². The monoisotopic (exact) mass is 252 g/mol. The van der Waals surface area contributed by atoms with Crippen molar-refractivity contribution in [2.45, 2.75) is 13.8 Å². The standard InChI is InChI=1S/C16H12O3/c1-9-7-11(10(2)19-9)8-14-15(17)12-5-3-4-6-13(12)16(14)18/h3-8H,1-2H3. The molecule has 2 aromatic rings. The summed E-state index contributed by atoms with van der Waals surface area (Å²) in [5.41, 5.74) is 1.96. The number of Topliss-reactive ketones (excluding diaryl/α,β-unsaturated/α-hetero) is 2. The zero-order valence-electron chi connectivity index (χ0n) is 10.7. The minimum Gasteiger partial charge on any atom is -0.466 e. The maximum absolute atomic E-state index is 12.2. The summed E-state index contributed by atoms with van der Waals surface area (Å²) in [6, 6.07) is 8.72. The molecule has 19 heavy (non-hydrogen) atoms. The molecule has 0 bridgehead atoms. The lowest BCUT2D eigenvalue weighted by Gasteiger charge is -1.93. The Hall–Kier alpha value is -2.42. The number of carbonyl (C=O) groups excluding carboxylic acids is 2. The highest BCUT2D eigenvalue weighted by molar-refractivity contribution is 6.41. The molecule has 1 aliphatic carbocycles. The van der Waals surface area contributed by atoms with Gasteiger partial charge >= 0.3 is 0 Å². The summed E-state index contributed by atoms with van der Waals surface area (Å²) in [5.74, 6) is 1.05. The van der Waals surface area contributed by atoms with E-state index in [4.69, 9.17) is 4.42 Å². The number of hydrogen-bond donors (Lipinski definition) is 0. The second-order valence-electron chi connectivity index (χ2n) is 4.63. The summed E-state index contributed by atoms with van der Waals surface area (Å²) in [7, 11) is 0. The Balaban J connectivity index is 2.12. The molecule has 0 radical (unpaired) electrons. The van der Waals surface area contributed by atoms with Gasteiger partial charge in [0.2, 0.25) is 0 Å². The van der Waals surface area contributed by atoms with Gasteiger partial charge < -0.3 is 4.42 Å². The number of furan rings is 1. The van der Waals surface area contributed by atoms with Crippen LogP contribution in [0.1, 0.15) is 37.8 Å². The number of rotatable bonds is 1. The highest BCUT2D eigenvalue weighted by atomic mass is 16.3. The summed E-state index contributed by atoms with van der Waals surface area (Å²) >= 11 is 0. The smallest absolute Gasteiger partial charge is 0.197 e. The first kappa shape index (κ1) is 11.7. The highest BCUT2D eigenvalue weighted by Crippen LogP contribution is 2.28. The van der Waals surface area contributed by atoms with Crippen molar-refractivity contribution in [1.29, 1.82) is 0 Å². The van der Waals surface area contributed by atoms with Crippen molar-refractivity contribution < 1.29 is 14.0 Å². The molecule has 0 N–H and O–H groups in total. The lowest BCUT2D eigenvalue weighted by atomic mass is 10.1. The Morgan fingerprint density at radius 3 is 2.05 bits per heavy atom. The van der Waals surface area contributed by atoms with Crippen LogP contribution in [-0.4, -0.2) is 11.6 Å². The molecular formula is C16H12O3. The van der Waals surface area contributed by atoms with Crippen LogP contribution in [0, 0.1) is 13.8 Å². The second kappa shape index (κ2) is 4.05. The number of fused-ring (bicyclic) bond motifs is 1. The predicted molar refractivity (Wildman–Crippen MR) is 71.3 cm³/mol. The predicted octanol–water partition coefficient (Wildman–Crippen LogP) is 3.36. The van der Waals surface area contributed by atoms with Crippen molar-refractivity contribution in [2.75, 3.05) is 0 Å². The third-order valence-corrected chi connectivity index (χ3v) is 3.28. The molecule has 0 spiro atoms. The average molecular weight is 252 g/mol. The van der Waals surface area contributed by atoms with Crippen LogP contribution in [0.3, 0.4) is 0 Å². The Labute approximate surface area is 110 Å². The normalized spacial score (nSPS) is 13.9. The first-order valence-corrected chi connectivity index (χ1v) is 6.05. The van der Waals surface area contributed by atoms with Crippen molar-refractivity contribution in [1.82, 2.24) is 0 Å². The molecule has 3 rings (SSSR count). The van der Waals surface area contributed by atoms with Gasteiger partial charge in [-0.25, -0.2) is 0 Å². The van der Waals surface area contributed by atoms with E-state index in [0.717, 1.165) is 11.3 Å². The molecule has 1 aliphatic rings. The summed E-state index contributed by atoms with van der Waals surface area (Å²) in [5, 5.41) is 0. The van der Waals surface area contributed by atoms with E-state index in [1.54, 1.807) is 30.3 Å². The van der Waals surface area contributed by atoms with Gasteiger partial charge in [0.25, 0.3) is 0 Å². The maximum Gasteiger partial charge on any atom is 0.197 e. The highest BCUT2D eigenvalue weighted by Gasteiger charge is 2.32. The lowest BCUT2D eigenvalue weighted by Crippen LogP contribution is -2.00. The van der Waals surface area contributed by atoms with Crippen LogP contribution in [0.4, 0.5) is 0 Å². The first-order chi connectivity index (χ1) is 9.08. The van der Waals surface area contributed by atoms with E-state index in [2.05, 4.69) is 0 Å². The van der Waals surface area contributed by atoms with E-state index in [1.807, 2.05) is 19.9 Å². The van der Waals surface area contributed by atoms with E-state index in [9.17, 15) is 9.59 Å². The third kappa shape index (κ3) is 1.74. The van der Waals surface area contributed by atoms with E-state index >= 15 is 0 Å². The van der Waals surface area contributed by atoms with Crippen molar-refractivity contribution in [3.63, 3.8) is 0 Å². The first-order valence-electron chi connectivity index (χ1n) is 6.05.